The van der Waals surface area contributed by atoms with Crippen LogP contribution in [-0.4, -0.2) is 47.0 Å². The third kappa shape index (κ3) is 4.65. The van der Waals surface area contributed by atoms with Gasteiger partial charge in [0.25, 0.3) is 0 Å². The van der Waals surface area contributed by atoms with Crippen molar-refractivity contribution in [3.05, 3.63) is 59.7 Å². The Balaban J connectivity index is 1.56. The van der Waals surface area contributed by atoms with Crippen molar-refractivity contribution in [2.45, 2.75) is 27.2 Å². The van der Waals surface area contributed by atoms with Crippen molar-refractivity contribution < 1.29 is 9.53 Å². The normalized spacial score (nSPS) is 12.0. The maximum atomic E-state index is 12.8. The fourth-order valence-corrected chi connectivity index (χ4v) is 4.64. The van der Waals surface area contributed by atoms with Gasteiger partial charge in [-0.15, -0.1) is 11.3 Å². The summed E-state index contributed by atoms with van der Waals surface area (Å²) in [6.07, 6.45) is 2.88. The molecule has 0 aliphatic rings. The molecular weight excluding hydrogens is 406 g/mol. The van der Waals surface area contributed by atoms with E-state index >= 15 is 0 Å². The first-order valence-corrected chi connectivity index (χ1v) is 11.5. The molecule has 0 radical (unpaired) electrons. The summed E-state index contributed by atoms with van der Waals surface area (Å²) in [6.45, 7) is 7.69. The number of thiazole rings is 1. The Hall–Kier alpha value is -2.70. The van der Waals surface area contributed by atoms with Crippen LogP contribution >= 0.6 is 11.3 Å². The third-order valence-electron chi connectivity index (χ3n) is 5.46. The fourth-order valence-electron chi connectivity index (χ4n) is 3.74. The Morgan fingerprint density at radius 3 is 2.65 bits per heavy atom. The average molecular weight is 436 g/mol. The number of fused-ring (bicyclic) bond motifs is 2. The number of carbonyl (C=O) groups excluding carboxylic acids is 1. The van der Waals surface area contributed by atoms with Crippen LogP contribution in [0, 0.1) is 5.41 Å². The number of benzene rings is 2. The van der Waals surface area contributed by atoms with Crippen molar-refractivity contribution in [3.63, 3.8) is 0 Å². The number of amides is 1. The molecule has 4 rings (SSSR count). The number of hydrogen-bond donors (Lipinski definition) is 0. The first kappa shape index (κ1) is 21.5. The van der Waals surface area contributed by atoms with E-state index in [4.69, 9.17) is 9.72 Å². The summed E-state index contributed by atoms with van der Waals surface area (Å²) in [7, 11) is 1.67. The third-order valence-corrected chi connectivity index (χ3v) is 6.35. The van der Waals surface area contributed by atoms with Crippen LogP contribution < -0.4 is 0 Å². The monoisotopic (exact) mass is 435 g/mol. The maximum Gasteiger partial charge on any atom is 0.228 e. The quantitative estimate of drug-likeness (QED) is 0.397. The minimum atomic E-state index is -0.407. The summed E-state index contributed by atoms with van der Waals surface area (Å²) in [4.78, 5) is 20.6. The summed E-state index contributed by atoms with van der Waals surface area (Å²) < 4.78 is 7.38. The zero-order valence-electron chi connectivity index (χ0n) is 18.6. The number of rotatable bonds is 7. The van der Waals surface area contributed by atoms with E-state index in [2.05, 4.69) is 58.4 Å². The Morgan fingerprint density at radius 1 is 1.13 bits per heavy atom. The molecule has 31 heavy (non-hydrogen) atoms. The summed E-state index contributed by atoms with van der Waals surface area (Å²) in [5.74, 6) is 0.151. The van der Waals surface area contributed by atoms with E-state index in [-0.39, 0.29) is 5.91 Å². The van der Waals surface area contributed by atoms with Crippen LogP contribution in [-0.2, 0) is 16.0 Å². The highest BCUT2D eigenvalue weighted by molar-refractivity contribution is 7.15. The van der Waals surface area contributed by atoms with Gasteiger partial charge in [0.2, 0.25) is 5.91 Å². The SMILES string of the molecule is COCCN(CCc1csc2nc(-c3ccc4ccccc4c3)cn12)C(=O)C(C)(C)C. The minimum Gasteiger partial charge on any atom is -0.383 e. The van der Waals surface area contributed by atoms with Gasteiger partial charge in [-0.1, -0.05) is 57.2 Å². The Bertz CT molecular complexity index is 1200. The van der Waals surface area contributed by atoms with Crippen LogP contribution in [0.5, 0.6) is 0 Å². The first-order valence-electron chi connectivity index (χ1n) is 10.6. The fraction of sp³-hybridized carbons (Fsp3) is 0.360. The highest BCUT2D eigenvalue weighted by Crippen LogP contribution is 2.27. The summed E-state index contributed by atoms with van der Waals surface area (Å²) in [5, 5.41) is 4.58. The minimum absolute atomic E-state index is 0.151. The van der Waals surface area contributed by atoms with Crippen LogP contribution in [0.15, 0.2) is 54.0 Å². The van der Waals surface area contributed by atoms with Gasteiger partial charge in [-0.05, 0) is 16.8 Å². The van der Waals surface area contributed by atoms with E-state index in [0.29, 0.717) is 19.7 Å². The van der Waals surface area contributed by atoms with Gasteiger partial charge in [0, 0.05) is 54.9 Å². The van der Waals surface area contributed by atoms with E-state index < -0.39 is 5.41 Å². The molecule has 4 aromatic rings. The highest BCUT2D eigenvalue weighted by Gasteiger charge is 2.27. The molecule has 0 bridgehead atoms. The van der Waals surface area contributed by atoms with E-state index in [9.17, 15) is 4.79 Å². The largest absolute Gasteiger partial charge is 0.383 e. The summed E-state index contributed by atoms with van der Waals surface area (Å²) in [6, 6.07) is 14.8. The topological polar surface area (TPSA) is 46.8 Å². The molecule has 2 heterocycles. The molecule has 2 aromatic carbocycles. The van der Waals surface area contributed by atoms with Crippen molar-refractivity contribution in [3.8, 4) is 11.3 Å². The Labute approximate surface area is 187 Å². The second-order valence-corrected chi connectivity index (χ2v) is 9.69. The summed E-state index contributed by atoms with van der Waals surface area (Å²) >= 11 is 1.64. The Kier molecular flexibility index (Phi) is 6.12. The van der Waals surface area contributed by atoms with Crippen LogP contribution in [0.1, 0.15) is 26.5 Å². The molecule has 5 nitrogen and oxygen atoms in total. The molecule has 2 aromatic heterocycles. The van der Waals surface area contributed by atoms with Crippen LogP contribution in [0.4, 0.5) is 0 Å². The molecule has 1 amide bonds. The van der Waals surface area contributed by atoms with Crippen LogP contribution in [0.25, 0.3) is 27.0 Å². The zero-order valence-corrected chi connectivity index (χ0v) is 19.4. The van der Waals surface area contributed by atoms with E-state index in [1.165, 1.54) is 16.5 Å². The van der Waals surface area contributed by atoms with E-state index in [1.54, 1.807) is 18.4 Å². The highest BCUT2D eigenvalue weighted by atomic mass is 32.1. The average Bonchev–Trinajstić information content (AvgIpc) is 3.34. The molecule has 162 valence electrons. The van der Waals surface area contributed by atoms with E-state index in [0.717, 1.165) is 22.6 Å². The Morgan fingerprint density at radius 2 is 1.90 bits per heavy atom. The van der Waals surface area contributed by atoms with Gasteiger partial charge >= 0.3 is 0 Å². The van der Waals surface area contributed by atoms with Gasteiger partial charge in [0.05, 0.1) is 12.3 Å². The van der Waals surface area contributed by atoms with Gasteiger partial charge in [-0.25, -0.2) is 4.98 Å². The first-order chi connectivity index (χ1) is 14.9. The molecule has 0 spiro atoms. The molecule has 0 atom stereocenters. The number of hydrogen-bond acceptors (Lipinski definition) is 4. The van der Waals surface area contributed by atoms with Gasteiger partial charge in [-0.2, -0.15) is 0 Å². The predicted molar refractivity (Wildman–Crippen MR) is 128 cm³/mol. The van der Waals surface area contributed by atoms with Crippen LogP contribution in [0.2, 0.25) is 0 Å². The second kappa shape index (κ2) is 8.81. The number of ether oxygens (including phenoxy) is 1. The number of methoxy groups -OCH3 is 1. The van der Waals surface area contributed by atoms with Crippen molar-refractivity contribution in [2.75, 3.05) is 26.8 Å². The van der Waals surface area contributed by atoms with Crippen molar-refractivity contribution >= 4 is 33.0 Å². The predicted octanol–water partition coefficient (Wildman–Crippen LogP) is 5.28. The molecule has 0 fully saturated rings. The molecule has 0 aliphatic carbocycles. The maximum absolute atomic E-state index is 12.8. The molecular formula is C25H29N3O2S. The van der Waals surface area contributed by atoms with Crippen LogP contribution in [0.3, 0.4) is 0 Å². The smallest absolute Gasteiger partial charge is 0.228 e. The van der Waals surface area contributed by atoms with Gasteiger partial charge in [0.15, 0.2) is 4.96 Å². The number of aromatic nitrogens is 2. The van der Waals surface area contributed by atoms with Gasteiger partial charge in [0.1, 0.15) is 0 Å². The van der Waals surface area contributed by atoms with Gasteiger partial charge < -0.3 is 9.64 Å². The molecule has 6 heteroatoms. The van der Waals surface area contributed by atoms with E-state index in [1.807, 2.05) is 25.7 Å². The molecule has 0 unspecified atom stereocenters. The number of carbonyl (C=O) groups is 1. The lowest BCUT2D eigenvalue weighted by Crippen LogP contribution is -2.42. The van der Waals surface area contributed by atoms with Crippen molar-refractivity contribution in [1.82, 2.24) is 14.3 Å². The number of imidazole rings is 1. The second-order valence-electron chi connectivity index (χ2n) is 8.85. The standard InChI is InChI=1S/C25H29N3O2S/c1-25(2,3)23(29)27(13-14-30-4)12-11-21-17-31-24-26-22(16-28(21)24)20-10-9-18-7-5-6-8-19(18)15-20/h5-10,15-17H,11-14H2,1-4H3. The lowest BCUT2D eigenvalue weighted by atomic mass is 9.94. The number of nitrogens with zero attached hydrogens (tertiary/aromatic N) is 3. The molecule has 0 saturated carbocycles. The molecule has 0 saturated heterocycles. The zero-order chi connectivity index (χ0) is 22.0. The lowest BCUT2D eigenvalue weighted by molar-refractivity contribution is -0.140. The lowest BCUT2D eigenvalue weighted by Gasteiger charge is -2.29. The van der Waals surface area contributed by atoms with Gasteiger partial charge in [-0.3, -0.25) is 9.20 Å². The summed E-state index contributed by atoms with van der Waals surface area (Å²) in [5.41, 5.74) is 2.85. The van der Waals surface area contributed by atoms with Crippen molar-refractivity contribution in [1.29, 1.82) is 0 Å². The van der Waals surface area contributed by atoms with Crippen molar-refractivity contribution in [2.24, 2.45) is 5.41 Å². The molecule has 0 N–H and O–H groups in total. The molecule has 0 aliphatic heterocycles.